The zero-order chi connectivity index (χ0) is 13.8. The summed E-state index contributed by atoms with van der Waals surface area (Å²) in [5, 5.41) is 9.45. The Kier molecular flexibility index (Phi) is 4.66. The molecule has 1 atom stereocenters. The molecule has 0 saturated heterocycles. The number of rotatable bonds is 4. The van der Waals surface area contributed by atoms with Gasteiger partial charge in [0.2, 0.25) is 0 Å². The number of aliphatic hydroxyl groups excluding tert-OH is 1. The van der Waals surface area contributed by atoms with E-state index in [1.807, 2.05) is 0 Å². The zero-order valence-electron chi connectivity index (χ0n) is 10.1. The second-order valence-electron chi connectivity index (χ2n) is 4.32. The van der Waals surface area contributed by atoms with E-state index in [0.29, 0.717) is 22.0 Å². The molecule has 100 valence electrons. The monoisotopic (exact) mass is 326 g/mol. The van der Waals surface area contributed by atoms with E-state index in [4.69, 9.17) is 0 Å². The largest absolute Gasteiger partial charge is 0.396 e. The first-order chi connectivity index (χ1) is 9.13. The summed E-state index contributed by atoms with van der Waals surface area (Å²) in [6, 6.07) is 11.0. The van der Waals surface area contributed by atoms with Crippen LogP contribution in [0.15, 0.2) is 46.9 Å². The number of hydrogen-bond donors (Lipinski definition) is 1. The molecule has 0 heterocycles. The van der Waals surface area contributed by atoms with Crippen molar-refractivity contribution in [3.8, 4) is 0 Å². The summed E-state index contributed by atoms with van der Waals surface area (Å²) in [7, 11) is 0. The van der Waals surface area contributed by atoms with Gasteiger partial charge in [0.05, 0.1) is 11.1 Å². The van der Waals surface area contributed by atoms with E-state index < -0.39 is 0 Å². The molecule has 1 unspecified atom stereocenters. The Morgan fingerprint density at radius 1 is 1.00 bits per heavy atom. The fourth-order valence-electron chi connectivity index (χ4n) is 2.05. The summed E-state index contributed by atoms with van der Waals surface area (Å²) in [6.45, 7) is -0.191. The Labute approximate surface area is 119 Å². The third kappa shape index (κ3) is 3.19. The van der Waals surface area contributed by atoms with Gasteiger partial charge in [0.1, 0.15) is 11.6 Å². The van der Waals surface area contributed by atoms with Crippen LogP contribution in [-0.4, -0.2) is 11.7 Å². The summed E-state index contributed by atoms with van der Waals surface area (Å²) in [4.78, 5) is 0. The average Bonchev–Trinajstić information content (AvgIpc) is 2.41. The fraction of sp³-hybridized carbons (Fsp3) is 0.200. The van der Waals surface area contributed by atoms with Crippen molar-refractivity contribution in [2.45, 2.75) is 12.3 Å². The third-order valence-electron chi connectivity index (χ3n) is 3.06. The molecule has 0 amide bonds. The van der Waals surface area contributed by atoms with E-state index in [9.17, 15) is 13.9 Å². The molecule has 0 saturated carbocycles. The van der Waals surface area contributed by atoms with E-state index in [1.54, 1.807) is 30.3 Å². The van der Waals surface area contributed by atoms with Gasteiger partial charge in [-0.05, 0) is 45.6 Å². The molecule has 4 heteroatoms. The van der Waals surface area contributed by atoms with Crippen molar-refractivity contribution in [2.24, 2.45) is 0 Å². The lowest BCUT2D eigenvalue weighted by Crippen LogP contribution is -2.10. The van der Waals surface area contributed by atoms with Gasteiger partial charge in [-0.1, -0.05) is 30.3 Å². The minimum Gasteiger partial charge on any atom is -0.396 e. The molecule has 2 rings (SSSR count). The molecule has 0 fully saturated rings. The SMILES string of the molecule is OCC(Cc1cccc(F)c1Br)c1ccccc1F. The molecule has 0 aliphatic heterocycles. The van der Waals surface area contributed by atoms with Crippen LogP contribution >= 0.6 is 15.9 Å². The highest BCUT2D eigenvalue weighted by molar-refractivity contribution is 9.10. The predicted octanol–water partition coefficient (Wildman–Crippen LogP) is 4.05. The van der Waals surface area contributed by atoms with E-state index in [0.717, 1.165) is 0 Å². The van der Waals surface area contributed by atoms with Crippen molar-refractivity contribution in [3.05, 3.63) is 69.7 Å². The van der Waals surface area contributed by atoms with Gasteiger partial charge < -0.3 is 5.11 Å². The highest BCUT2D eigenvalue weighted by atomic mass is 79.9. The Morgan fingerprint density at radius 2 is 1.68 bits per heavy atom. The van der Waals surface area contributed by atoms with Crippen LogP contribution in [0.3, 0.4) is 0 Å². The third-order valence-corrected chi connectivity index (χ3v) is 3.95. The van der Waals surface area contributed by atoms with Crippen LogP contribution in [0.25, 0.3) is 0 Å². The minimum atomic E-state index is -0.390. The summed E-state index contributed by atoms with van der Waals surface area (Å²) < 4.78 is 27.5. The molecule has 19 heavy (non-hydrogen) atoms. The normalized spacial score (nSPS) is 12.4. The minimum absolute atomic E-state index is 0.191. The molecule has 1 nitrogen and oxygen atoms in total. The summed E-state index contributed by atoms with van der Waals surface area (Å²) in [6.07, 6.45) is 0.371. The van der Waals surface area contributed by atoms with Gasteiger partial charge in [-0.3, -0.25) is 0 Å². The summed E-state index contributed by atoms with van der Waals surface area (Å²) in [5.74, 6) is -1.10. The Bertz CT molecular complexity index is 572. The Balaban J connectivity index is 2.30. The van der Waals surface area contributed by atoms with Crippen molar-refractivity contribution in [1.82, 2.24) is 0 Å². The zero-order valence-corrected chi connectivity index (χ0v) is 11.7. The lowest BCUT2D eigenvalue weighted by atomic mass is 9.92. The van der Waals surface area contributed by atoms with Crippen LogP contribution in [0.1, 0.15) is 17.0 Å². The van der Waals surface area contributed by atoms with Crippen LogP contribution < -0.4 is 0 Å². The van der Waals surface area contributed by atoms with E-state index in [-0.39, 0.29) is 24.2 Å². The number of benzene rings is 2. The van der Waals surface area contributed by atoms with Gasteiger partial charge in [-0.2, -0.15) is 0 Å². The van der Waals surface area contributed by atoms with Crippen molar-refractivity contribution in [2.75, 3.05) is 6.61 Å². The predicted molar refractivity (Wildman–Crippen MR) is 74.0 cm³/mol. The molecular weight excluding hydrogens is 314 g/mol. The lowest BCUT2D eigenvalue weighted by Gasteiger charge is -2.16. The first-order valence-electron chi connectivity index (χ1n) is 5.91. The van der Waals surface area contributed by atoms with Crippen LogP contribution in [0.4, 0.5) is 8.78 Å². The maximum absolute atomic E-state index is 13.7. The molecular formula is C15H13BrF2O. The molecule has 2 aromatic carbocycles. The number of halogens is 3. The van der Waals surface area contributed by atoms with Gasteiger partial charge in [-0.15, -0.1) is 0 Å². The smallest absolute Gasteiger partial charge is 0.137 e. The first-order valence-corrected chi connectivity index (χ1v) is 6.71. The van der Waals surface area contributed by atoms with Gasteiger partial charge >= 0.3 is 0 Å². The van der Waals surface area contributed by atoms with Crippen molar-refractivity contribution < 1.29 is 13.9 Å². The van der Waals surface area contributed by atoms with Crippen LogP contribution in [0.5, 0.6) is 0 Å². The van der Waals surface area contributed by atoms with Crippen LogP contribution in [0, 0.1) is 11.6 Å². The second-order valence-corrected chi connectivity index (χ2v) is 5.11. The van der Waals surface area contributed by atoms with Crippen LogP contribution in [0.2, 0.25) is 0 Å². The van der Waals surface area contributed by atoms with Gasteiger partial charge in [0.25, 0.3) is 0 Å². The highest BCUT2D eigenvalue weighted by Gasteiger charge is 2.17. The molecule has 0 aliphatic rings. The van der Waals surface area contributed by atoms with Gasteiger partial charge in [-0.25, -0.2) is 8.78 Å². The first kappa shape index (κ1) is 14.2. The topological polar surface area (TPSA) is 20.2 Å². The van der Waals surface area contributed by atoms with Gasteiger partial charge in [0.15, 0.2) is 0 Å². The lowest BCUT2D eigenvalue weighted by molar-refractivity contribution is 0.261. The van der Waals surface area contributed by atoms with Crippen molar-refractivity contribution in [1.29, 1.82) is 0 Å². The van der Waals surface area contributed by atoms with E-state index in [1.165, 1.54) is 12.1 Å². The molecule has 0 radical (unpaired) electrons. The average molecular weight is 327 g/mol. The summed E-state index contributed by atoms with van der Waals surface area (Å²) >= 11 is 3.18. The standard InChI is InChI=1S/C15H13BrF2O/c16-15-10(4-3-7-14(15)18)8-11(9-19)12-5-1-2-6-13(12)17/h1-7,11,19H,8-9H2. The highest BCUT2D eigenvalue weighted by Crippen LogP contribution is 2.28. The number of hydrogen-bond acceptors (Lipinski definition) is 1. The summed E-state index contributed by atoms with van der Waals surface area (Å²) in [5.41, 5.74) is 1.16. The molecule has 2 aromatic rings. The van der Waals surface area contributed by atoms with E-state index >= 15 is 0 Å². The Morgan fingerprint density at radius 3 is 2.37 bits per heavy atom. The molecule has 0 spiro atoms. The molecule has 1 N–H and O–H groups in total. The van der Waals surface area contributed by atoms with Crippen molar-refractivity contribution >= 4 is 15.9 Å². The Hall–Kier alpha value is -1.26. The van der Waals surface area contributed by atoms with E-state index in [2.05, 4.69) is 15.9 Å². The maximum Gasteiger partial charge on any atom is 0.137 e. The van der Waals surface area contributed by atoms with Crippen LogP contribution in [-0.2, 0) is 6.42 Å². The molecule has 0 aliphatic carbocycles. The fourth-order valence-corrected chi connectivity index (χ4v) is 2.48. The van der Waals surface area contributed by atoms with Crippen molar-refractivity contribution in [3.63, 3.8) is 0 Å². The second kappa shape index (κ2) is 6.26. The molecule has 0 aromatic heterocycles. The van der Waals surface area contributed by atoms with Gasteiger partial charge in [0, 0.05) is 5.92 Å². The molecule has 0 bridgehead atoms. The maximum atomic E-state index is 13.7. The quantitative estimate of drug-likeness (QED) is 0.898. The number of aliphatic hydroxyl groups is 1.